The Kier molecular flexibility index (Phi) is 5.86. The number of halogens is 1. The second kappa shape index (κ2) is 7.41. The lowest BCUT2D eigenvalue weighted by Crippen LogP contribution is -2.43. The molecule has 0 spiro atoms. The van der Waals surface area contributed by atoms with Gasteiger partial charge in [0, 0.05) is 16.6 Å². The maximum Gasteiger partial charge on any atom is 0.0294 e. The van der Waals surface area contributed by atoms with Gasteiger partial charge in [0.05, 0.1) is 0 Å². The zero-order valence-electron chi connectivity index (χ0n) is 12.0. The maximum atomic E-state index is 3.78. The number of nitrogens with one attached hydrogen (secondary N) is 1. The first kappa shape index (κ1) is 15.0. The van der Waals surface area contributed by atoms with Crippen molar-refractivity contribution in [3.05, 3.63) is 34.3 Å². The molecule has 0 aromatic heterocycles. The summed E-state index contributed by atoms with van der Waals surface area (Å²) in [5.41, 5.74) is 1.37. The lowest BCUT2D eigenvalue weighted by molar-refractivity contribution is 0.192. The molecule has 0 radical (unpaired) electrons. The third kappa shape index (κ3) is 4.59. The van der Waals surface area contributed by atoms with Crippen molar-refractivity contribution in [2.75, 3.05) is 19.6 Å². The van der Waals surface area contributed by atoms with Crippen LogP contribution in [0.2, 0.25) is 0 Å². The minimum absolute atomic E-state index is 0.431. The van der Waals surface area contributed by atoms with Crippen molar-refractivity contribution in [2.24, 2.45) is 0 Å². The monoisotopic (exact) mass is 324 g/mol. The van der Waals surface area contributed by atoms with E-state index in [2.05, 4.69) is 64.3 Å². The molecule has 1 N–H and O–H groups in total. The van der Waals surface area contributed by atoms with Crippen LogP contribution < -0.4 is 5.32 Å². The third-order valence-corrected chi connectivity index (χ3v) is 4.46. The molecule has 19 heavy (non-hydrogen) atoms. The average molecular weight is 325 g/mol. The van der Waals surface area contributed by atoms with Crippen molar-refractivity contribution in [3.63, 3.8) is 0 Å². The zero-order chi connectivity index (χ0) is 13.7. The number of nitrogens with zero attached hydrogens (tertiary/aromatic N) is 1. The third-order valence-electron chi connectivity index (χ3n) is 3.96. The normalized spacial score (nSPS) is 19.5. The Labute approximate surface area is 125 Å². The highest BCUT2D eigenvalue weighted by molar-refractivity contribution is 9.10. The van der Waals surface area contributed by atoms with Gasteiger partial charge in [-0.2, -0.15) is 0 Å². The Hall–Kier alpha value is -0.380. The molecule has 2 nitrogen and oxygen atoms in total. The van der Waals surface area contributed by atoms with E-state index in [4.69, 9.17) is 0 Å². The summed E-state index contributed by atoms with van der Waals surface area (Å²) < 4.78 is 1.16. The molecule has 1 unspecified atom stereocenters. The first-order valence-electron chi connectivity index (χ1n) is 7.43. The van der Waals surface area contributed by atoms with E-state index in [1.165, 1.54) is 44.5 Å². The minimum Gasteiger partial charge on any atom is -0.307 e. The molecule has 1 fully saturated rings. The van der Waals surface area contributed by atoms with Gasteiger partial charge in [0.1, 0.15) is 0 Å². The van der Waals surface area contributed by atoms with Crippen molar-refractivity contribution in [1.29, 1.82) is 0 Å². The number of likely N-dealkylation sites (tertiary alicyclic amines) is 1. The number of rotatable bonds is 5. The van der Waals surface area contributed by atoms with Crippen LogP contribution in [-0.4, -0.2) is 30.6 Å². The van der Waals surface area contributed by atoms with Gasteiger partial charge in [0.15, 0.2) is 0 Å². The molecule has 1 aliphatic heterocycles. The van der Waals surface area contributed by atoms with Crippen LogP contribution >= 0.6 is 15.9 Å². The van der Waals surface area contributed by atoms with E-state index in [0.29, 0.717) is 12.1 Å². The van der Waals surface area contributed by atoms with Crippen molar-refractivity contribution in [2.45, 2.75) is 45.2 Å². The molecule has 1 atom stereocenters. The van der Waals surface area contributed by atoms with Gasteiger partial charge in [-0.1, -0.05) is 35.0 Å². The molecule has 1 heterocycles. The van der Waals surface area contributed by atoms with Crippen LogP contribution in [0, 0.1) is 0 Å². The molecule has 1 aromatic carbocycles. The molecule has 0 saturated carbocycles. The van der Waals surface area contributed by atoms with Gasteiger partial charge in [-0.3, -0.25) is 0 Å². The van der Waals surface area contributed by atoms with Gasteiger partial charge in [0.25, 0.3) is 0 Å². The molecule has 0 amide bonds. The Bertz CT molecular complexity index is 386. The molecule has 0 aliphatic carbocycles. The fourth-order valence-corrected chi connectivity index (χ4v) is 3.28. The lowest BCUT2D eigenvalue weighted by Gasteiger charge is -2.33. The number of hydrogen-bond acceptors (Lipinski definition) is 2. The summed E-state index contributed by atoms with van der Waals surface area (Å²) >= 11 is 3.55. The van der Waals surface area contributed by atoms with Gasteiger partial charge in [0.2, 0.25) is 0 Å². The number of piperidine rings is 1. The van der Waals surface area contributed by atoms with Gasteiger partial charge in [-0.15, -0.1) is 0 Å². The molecular weight excluding hydrogens is 300 g/mol. The van der Waals surface area contributed by atoms with Crippen molar-refractivity contribution < 1.29 is 0 Å². The van der Waals surface area contributed by atoms with E-state index >= 15 is 0 Å². The molecule has 2 rings (SSSR count). The van der Waals surface area contributed by atoms with Gasteiger partial charge in [-0.25, -0.2) is 0 Å². The lowest BCUT2D eigenvalue weighted by atomic mass is 10.0. The predicted octanol–water partition coefficient (Wildman–Crippen LogP) is 3.97. The fourth-order valence-electron chi connectivity index (χ4n) is 2.87. The van der Waals surface area contributed by atoms with Crippen molar-refractivity contribution in [1.82, 2.24) is 10.2 Å². The smallest absolute Gasteiger partial charge is 0.0294 e. The first-order chi connectivity index (χ1) is 9.19. The first-order valence-corrected chi connectivity index (χ1v) is 8.22. The van der Waals surface area contributed by atoms with Gasteiger partial charge < -0.3 is 10.2 Å². The molecule has 3 heteroatoms. The zero-order valence-corrected chi connectivity index (χ0v) is 13.6. The van der Waals surface area contributed by atoms with E-state index in [0.717, 1.165) is 4.47 Å². The maximum absolute atomic E-state index is 3.78. The van der Waals surface area contributed by atoms with Crippen LogP contribution in [0.15, 0.2) is 28.7 Å². The van der Waals surface area contributed by atoms with Crippen LogP contribution in [0.1, 0.15) is 44.7 Å². The molecular formula is C16H25BrN2. The van der Waals surface area contributed by atoms with E-state index < -0.39 is 0 Å². The molecule has 1 aliphatic rings. The SMILES string of the molecule is CCCN1CCC(NC(C)c2cccc(Br)c2)CC1. The fraction of sp³-hybridized carbons (Fsp3) is 0.625. The van der Waals surface area contributed by atoms with Crippen LogP contribution in [0.25, 0.3) is 0 Å². The van der Waals surface area contributed by atoms with Crippen molar-refractivity contribution in [3.8, 4) is 0 Å². The van der Waals surface area contributed by atoms with E-state index in [1.807, 2.05) is 0 Å². The van der Waals surface area contributed by atoms with Gasteiger partial charge in [-0.05, 0) is 63.5 Å². The van der Waals surface area contributed by atoms with Gasteiger partial charge >= 0.3 is 0 Å². The summed E-state index contributed by atoms with van der Waals surface area (Å²) in [6.45, 7) is 8.28. The Morgan fingerprint density at radius 1 is 1.37 bits per heavy atom. The molecule has 106 valence electrons. The number of hydrogen-bond donors (Lipinski definition) is 1. The van der Waals surface area contributed by atoms with Crippen LogP contribution in [0.5, 0.6) is 0 Å². The summed E-state index contributed by atoms with van der Waals surface area (Å²) in [5, 5.41) is 3.78. The van der Waals surface area contributed by atoms with E-state index in [-0.39, 0.29) is 0 Å². The van der Waals surface area contributed by atoms with E-state index in [9.17, 15) is 0 Å². The van der Waals surface area contributed by atoms with Crippen LogP contribution in [0.4, 0.5) is 0 Å². The largest absolute Gasteiger partial charge is 0.307 e. The average Bonchev–Trinajstić information content (AvgIpc) is 2.41. The molecule has 1 saturated heterocycles. The summed E-state index contributed by atoms with van der Waals surface area (Å²) in [6, 6.07) is 9.71. The highest BCUT2D eigenvalue weighted by atomic mass is 79.9. The highest BCUT2D eigenvalue weighted by Crippen LogP contribution is 2.20. The molecule has 1 aromatic rings. The second-order valence-electron chi connectivity index (χ2n) is 5.56. The molecule has 0 bridgehead atoms. The summed E-state index contributed by atoms with van der Waals surface area (Å²) in [4.78, 5) is 2.59. The minimum atomic E-state index is 0.431. The predicted molar refractivity (Wildman–Crippen MR) is 85.4 cm³/mol. The topological polar surface area (TPSA) is 15.3 Å². The Balaban J connectivity index is 1.82. The van der Waals surface area contributed by atoms with Crippen LogP contribution in [0.3, 0.4) is 0 Å². The van der Waals surface area contributed by atoms with Crippen LogP contribution in [-0.2, 0) is 0 Å². The summed E-state index contributed by atoms with van der Waals surface area (Å²) in [7, 11) is 0. The number of benzene rings is 1. The second-order valence-corrected chi connectivity index (χ2v) is 6.47. The Morgan fingerprint density at radius 2 is 2.11 bits per heavy atom. The highest BCUT2D eigenvalue weighted by Gasteiger charge is 2.20. The van der Waals surface area contributed by atoms with E-state index in [1.54, 1.807) is 0 Å². The quantitative estimate of drug-likeness (QED) is 0.881. The summed E-state index contributed by atoms with van der Waals surface area (Å²) in [6.07, 6.45) is 3.82. The Morgan fingerprint density at radius 3 is 2.74 bits per heavy atom. The summed E-state index contributed by atoms with van der Waals surface area (Å²) in [5.74, 6) is 0. The van der Waals surface area contributed by atoms with Crippen molar-refractivity contribution >= 4 is 15.9 Å². The standard InChI is InChI=1S/C16H25BrN2/c1-3-9-19-10-7-16(8-11-19)18-13(2)14-5-4-6-15(17)12-14/h4-6,12-13,16,18H,3,7-11H2,1-2H3.